The fourth-order valence-corrected chi connectivity index (χ4v) is 6.05. The summed E-state index contributed by atoms with van der Waals surface area (Å²) in [5.41, 5.74) is 3.57. The lowest BCUT2D eigenvalue weighted by Gasteiger charge is -2.35. The number of hydrogen-bond donors (Lipinski definition) is 0. The van der Waals surface area contributed by atoms with Gasteiger partial charge in [-0.1, -0.05) is 11.6 Å². The molecule has 6 heteroatoms. The molecule has 4 heterocycles. The SMILES string of the molecule is CC(C)N1CCC(CCC(=O)N2CCC(c3cn(-c4ccc(Cl)cc4)c4cnccc34)CC2)CC1. The molecule has 186 valence electrons. The van der Waals surface area contributed by atoms with E-state index in [4.69, 9.17) is 11.6 Å². The minimum atomic E-state index is 0.350. The first-order valence-electron chi connectivity index (χ1n) is 13.2. The molecule has 2 aliphatic rings. The van der Waals surface area contributed by atoms with Gasteiger partial charge in [0.1, 0.15) is 0 Å². The highest BCUT2D eigenvalue weighted by Gasteiger charge is 2.27. The summed E-state index contributed by atoms with van der Waals surface area (Å²) in [4.78, 5) is 22.0. The largest absolute Gasteiger partial charge is 0.343 e. The molecule has 2 aromatic heterocycles. The second-order valence-corrected chi connectivity index (χ2v) is 11.0. The summed E-state index contributed by atoms with van der Waals surface area (Å²) in [5.74, 6) is 1.51. The molecule has 2 aliphatic heterocycles. The van der Waals surface area contributed by atoms with Gasteiger partial charge in [0, 0.05) is 54.0 Å². The first-order chi connectivity index (χ1) is 17.0. The van der Waals surface area contributed by atoms with Crippen LogP contribution in [0, 0.1) is 5.92 Å². The van der Waals surface area contributed by atoms with Crippen molar-refractivity contribution in [2.75, 3.05) is 26.2 Å². The van der Waals surface area contributed by atoms with Crippen molar-refractivity contribution in [1.29, 1.82) is 0 Å². The standard InChI is InChI=1S/C29H37ClN4O/c1-21(2)32-15-10-22(11-16-32)3-8-29(35)33-17-12-23(13-18-33)27-20-34(25-6-4-24(30)5-7-25)28-19-31-14-9-26(27)28/h4-7,9,14,19-23H,3,8,10-13,15-18H2,1-2H3. The van der Waals surface area contributed by atoms with Gasteiger partial charge in [0.2, 0.25) is 5.91 Å². The summed E-state index contributed by atoms with van der Waals surface area (Å²) in [5, 5.41) is 1.99. The molecule has 5 rings (SSSR count). The van der Waals surface area contributed by atoms with Crippen molar-refractivity contribution < 1.29 is 4.79 Å². The highest BCUT2D eigenvalue weighted by Crippen LogP contribution is 2.36. The molecule has 2 saturated heterocycles. The molecule has 5 nitrogen and oxygen atoms in total. The van der Waals surface area contributed by atoms with Crippen LogP contribution >= 0.6 is 11.6 Å². The minimum absolute atomic E-state index is 0.350. The van der Waals surface area contributed by atoms with Crippen LogP contribution in [0.1, 0.15) is 63.9 Å². The maximum absolute atomic E-state index is 13.0. The van der Waals surface area contributed by atoms with Gasteiger partial charge in [-0.3, -0.25) is 9.78 Å². The van der Waals surface area contributed by atoms with E-state index >= 15 is 0 Å². The van der Waals surface area contributed by atoms with E-state index in [1.165, 1.54) is 36.9 Å². The highest BCUT2D eigenvalue weighted by molar-refractivity contribution is 6.30. The molecule has 3 aromatic rings. The Morgan fingerprint density at radius 1 is 1.03 bits per heavy atom. The molecule has 0 saturated carbocycles. The fraction of sp³-hybridized carbons (Fsp3) is 0.517. The van der Waals surface area contributed by atoms with Crippen molar-refractivity contribution in [3.05, 3.63) is 59.5 Å². The van der Waals surface area contributed by atoms with Gasteiger partial charge in [-0.2, -0.15) is 0 Å². The van der Waals surface area contributed by atoms with Gasteiger partial charge in [0.05, 0.1) is 11.7 Å². The molecule has 0 bridgehead atoms. The second-order valence-electron chi connectivity index (χ2n) is 10.6. The Labute approximate surface area is 214 Å². The van der Waals surface area contributed by atoms with Crippen molar-refractivity contribution in [2.24, 2.45) is 5.92 Å². The van der Waals surface area contributed by atoms with Gasteiger partial charge in [-0.25, -0.2) is 0 Å². The third kappa shape index (κ3) is 5.41. The number of halogens is 1. The van der Waals surface area contributed by atoms with E-state index in [1.54, 1.807) is 0 Å². The van der Waals surface area contributed by atoms with Crippen LogP contribution in [0.25, 0.3) is 16.6 Å². The third-order valence-electron chi connectivity index (χ3n) is 8.18. The number of amides is 1. The molecule has 1 amide bonds. The molecule has 1 aromatic carbocycles. The number of fused-ring (bicyclic) bond motifs is 1. The number of aromatic nitrogens is 2. The van der Waals surface area contributed by atoms with Crippen molar-refractivity contribution in [3.8, 4) is 5.69 Å². The first kappa shape index (κ1) is 24.3. The Balaban J connectivity index is 1.19. The van der Waals surface area contributed by atoms with E-state index in [9.17, 15) is 4.79 Å². The number of carbonyl (C=O) groups is 1. The number of hydrogen-bond acceptors (Lipinski definition) is 3. The van der Waals surface area contributed by atoms with Crippen LogP contribution in [-0.4, -0.2) is 57.5 Å². The van der Waals surface area contributed by atoms with Gasteiger partial charge >= 0.3 is 0 Å². The molecular formula is C29H37ClN4O. The van der Waals surface area contributed by atoms with E-state index in [0.29, 0.717) is 30.2 Å². The maximum atomic E-state index is 13.0. The average molecular weight is 493 g/mol. The van der Waals surface area contributed by atoms with Gasteiger partial charge in [0.15, 0.2) is 0 Å². The molecule has 0 N–H and O–H groups in total. The predicted octanol–water partition coefficient (Wildman–Crippen LogP) is 6.29. The Morgan fingerprint density at radius 2 is 1.74 bits per heavy atom. The molecule has 0 radical (unpaired) electrons. The topological polar surface area (TPSA) is 41.4 Å². The van der Waals surface area contributed by atoms with Gasteiger partial charge in [0.25, 0.3) is 0 Å². The molecule has 2 fully saturated rings. The zero-order valence-corrected chi connectivity index (χ0v) is 21.8. The third-order valence-corrected chi connectivity index (χ3v) is 8.43. The Bertz CT molecular complexity index is 1140. The molecule has 35 heavy (non-hydrogen) atoms. The Morgan fingerprint density at radius 3 is 2.43 bits per heavy atom. The summed E-state index contributed by atoms with van der Waals surface area (Å²) in [6.07, 6.45) is 12.3. The molecule has 0 unspecified atom stereocenters. The number of nitrogens with zero attached hydrogens (tertiary/aromatic N) is 4. The van der Waals surface area contributed by atoms with Gasteiger partial charge in [-0.15, -0.1) is 0 Å². The second kappa shape index (κ2) is 10.7. The van der Waals surface area contributed by atoms with E-state index in [1.807, 2.05) is 36.7 Å². The Kier molecular flexibility index (Phi) is 7.45. The van der Waals surface area contributed by atoms with Crippen LogP contribution in [0.3, 0.4) is 0 Å². The van der Waals surface area contributed by atoms with Crippen LogP contribution in [0.15, 0.2) is 48.9 Å². The Hall–Kier alpha value is -2.37. The lowest BCUT2D eigenvalue weighted by Crippen LogP contribution is -2.40. The molecule has 0 atom stereocenters. The average Bonchev–Trinajstić information content (AvgIpc) is 3.28. The molecule has 0 spiro atoms. The van der Waals surface area contributed by atoms with E-state index in [0.717, 1.165) is 48.6 Å². The quantitative estimate of drug-likeness (QED) is 0.406. The summed E-state index contributed by atoms with van der Waals surface area (Å²) in [6.45, 7) is 8.63. The number of benzene rings is 1. The number of piperidine rings is 2. The van der Waals surface area contributed by atoms with Crippen LogP contribution in [-0.2, 0) is 4.79 Å². The lowest BCUT2D eigenvalue weighted by atomic mass is 9.88. The van der Waals surface area contributed by atoms with Crippen molar-refractivity contribution in [1.82, 2.24) is 19.4 Å². The van der Waals surface area contributed by atoms with Crippen LogP contribution in [0.2, 0.25) is 5.02 Å². The molecular weight excluding hydrogens is 456 g/mol. The van der Waals surface area contributed by atoms with Gasteiger partial charge < -0.3 is 14.4 Å². The zero-order chi connectivity index (χ0) is 24.4. The number of likely N-dealkylation sites (tertiary alicyclic amines) is 2. The number of pyridine rings is 1. The smallest absolute Gasteiger partial charge is 0.222 e. The van der Waals surface area contributed by atoms with E-state index < -0.39 is 0 Å². The van der Waals surface area contributed by atoms with E-state index in [-0.39, 0.29) is 0 Å². The normalized spacial score (nSPS) is 18.6. The first-order valence-corrected chi connectivity index (χ1v) is 13.6. The number of carbonyl (C=O) groups excluding carboxylic acids is 1. The zero-order valence-electron chi connectivity index (χ0n) is 21.0. The van der Waals surface area contributed by atoms with Gasteiger partial charge in [-0.05, 0) is 107 Å². The summed E-state index contributed by atoms with van der Waals surface area (Å²) in [6, 6.07) is 10.7. The van der Waals surface area contributed by atoms with Crippen LogP contribution in [0.4, 0.5) is 0 Å². The monoisotopic (exact) mass is 492 g/mol. The summed E-state index contributed by atoms with van der Waals surface area (Å²) < 4.78 is 2.22. The van der Waals surface area contributed by atoms with Crippen molar-refractivity contribution >= 4 is 28.4 Å². The number of rotatable bonds is 6. The molecule has 0 aliphatic carbocycles. The fourth-order valence-electron chi connectivity index (χ4n) is 5.92. The lowest BCUT2D eigenvalue weighted by molar-refractivity contribution is -0.132. The van der Waals surface area contributed by atoms with E-state index in [2.05, 4.69) is 45.5 Å². The van der Waals surface area contributed by atoms with Crippen LogP contribution in [0.5, 0.6) is 0 Å². The maximum Gasteiger partial charge on any atom is 0.222 e. The summed E-state index contributed by atoms with van der Waals surface area (Å²) in [7, 11) is 0. The predicted molar refractivity (Wildman–Crippen MR) is 143 cm³/mol. The van der Waals surface area contributed by atoms with Crippen LogP contribution < -0.4 is 0 Å². The van der Waals surface area contributed by atoms with Crippen molar-refractivity contribution in [3.63, 3.8) is 0 Å². The summed E-state index contributed by atoms with van der Waals surface area (Å²) >= 11 is 6.11. The minimum Gasteiger partial charge on any atom is -0.343 e. The van der Waals surface area contributed by atoms with Crippen molar-refractivity contribution in [2.45, 2.75) is 64.3 Å². The highest BCUT2D eigenvalue weighted by atomic mass is 35.5.